The Morgan fingerprint density at radius 3 is 2.54 bits per heavy atom. The highest BCUT2D eigenvalue weighted by atomic mass is 32.2. The molecule has 0 spiro atoms. The number of rotatable bonds is 8. The molecule has 1 aromatic rings. The van der Waals surface area contributed by atoms with E-state index in [9.17, 15) is 17.9 Å². The number of hydrogen-bond acceptors (Lipinski definition) is 5. The summed E-state index contributed by atoms with van der Waals surface area (Å²) in [5.41, 5.74) is 0.243. The molecule has 8 heteroatoms. The normalized spacial score (nSPS) is 23.0. The maximum atomic E-state index is 13.2. The maximum Gasteiger partial charge on any atom is 0.214 e. The van der Waals surface area contributed by atoms with Gasteiger partial charge in [0.15, 0.2) is 0 Å². The lowest BCUT2D eigenvalue weighted by atomic mass is 9.80. The molecule has 0 bridgehead atoms. The van der Waals surface area contributed by atoms with E-state index in [2.05, 4.69) is 28.9 Å². The topological polar surface area (TPSA) is 91.3 Å². The number of aromatic nitrogens is 1. The van der Waals surface area contributed by atoms with E-state index >= 15 is 0 Å². The lowest BCUT2D eigenvalue weighted by molar-refractivity contribution is 0.150. The molecular formula is C18H30FN3O3S. The van der Waals surface area contributed by atoms with Crippen molar-refractivity contribution < 1.29 is 17.9 Å². The standard InChI is InChI=1S/C18H30FN3O3S/c1-18(2,22-12-17(23)14-8-15(19)11-21-10-14)9-13-4-6-16(7-5-13)26(24,25)20-3/h8,10-11,13,16-17,20,22-23H,4-7,9,12H2,1-3H3/t13?,16?,17-/m0/s1. The molecule has 1 fully saturated rings. The summed E-state index contributed by atoms with van der Waals surface area (Å²) in [5, 5.41) is 13.3. The Bertz CT molecular complexity index is 689. The Morgan fingerprint density at radius 1 is 1.31 bits per heavy atom. The van der Waals surface area contributed by atoms with Crippen molar-refractivity contribution in [3.05, 3.63) is 29.8 Å². The molecule has 1 atom stereocenters. The van der Waals surface area contributed by atoms with Gasteiger partial charge in [-0.1, -0.05) is 0 Å². The van der Waals surface area contributed by atoms with Gasteiger partial charge in [-0.2, -0.15) is 0 Å². The Kier molecular flexibility index (Phi) is 7.12. The second-order valence-electron chi connectivity index (χ2n) is 7.81. The summed E-state index contributed by atoms with van der Waals surface area (Å²) in [6.45, 7) is 4.45. The van der Waals surface area contributed by atoms with Crippen LogP contribution in [-0.4, -0.2) is 42.9 Å². The second kappa shape index (κ2) is 8.73. The summed E-state index contributed by atoms with van der Waals surface area (Å²) in [6, 6.07) is 1.29. The molecule has 3 N–H and O–H groups in total. The Labute approximate surface area is 155 Å². The number of hydrogen-bond donors (Lipinski definition) is 3. The van der Waals surface area contributed by atoms with E-state index in [1.807, 2.05) is 0 Å². The smallest absolute Gasteiger partial charge is 0.214 e. The van der Waals surface area contributed by atoms with E-state index in [4.69, 9.17) is 0 Å². The van der Waals surface area contributed by atoms with Gasteiger partial charge in [0.1, 0.15) is 5.82 Å². The minimum absolute atomic E-state index is 0.207. The molecule has 1 aliphatic rings. The Balaban J connectivity index is 1.82. The quantitative estimate of drug-likeness (QED) is 0.636. The number of nitrogens with zero attached hydrogens (tertiary/aromatic N) is 1. The van der Waals surface area contributed by atoms with Gasteiger partial charge >= 0.3 is 0 Å². The summed E-state index contributed by atoms with van der Waals surface area (Å²) >= 11 is 0. The van der Waals surface area contributed by atoms with Crippen LogP contribution in [0, 0.1) is 11.7 Å². The van der Waals surface area contributed by atoms with Gasteiger partial charge in [-0.3, -0.25) is 4.98 Å². The van der Waals surface area contributed by atoms with Gasteiger partial charge in [-0.15, -0.1) is 0 Å². The molecular weight excluding hydrogens is 357 g/mol. The van der Waals surface area contributed by atoms with Gasteiger partial charge in [0.05, 0.1) is 17.6 Å². The minimum atomic E-state index is -3.18. The molecule has 0 amide bonds. The molecule has 1 saturated carbocycles. The number of halogens is 1. The van der Waals surface area contributed by atoms with E-state index in [1.54, 1.807) is 0 Å². The fourth-order valence-electron chi connectivity index (χ4n) is 3.71. The van der Waals surface area contributed by atoms with Crippen LogP contribution in [0.4, 0.5) is 4.39 Å². The fourth-order valence-corrected chi connectivity index (χ4v) is 4.93. The third kappa shape index (κ3) is 5.97. The summed E-state index contributed by atoms with van der Waals surface area (Å²) in [5.74, 6) is -0.0112. The summed E-state index contributed by atoms with van der Waals surface area (Å²) in [6.07, 6.45) is 5.77. The first kappa shape index (κ1) is 21.2. The van der Waals surface area contributed by atoms with E-state index < -0.39 is 21.9 Å². The highest BCUT2D eigenvalue weighted by Gasteiger charge is 2.32. The van der Waals surface area contributed by atoms with Gasteiger partial charge in [-0.05, 0) is 65.0 Å². The van der Waals surface area contributed by atoms with Gasteiger partial charge in [0.25, 0.3) is 0 Å². The number of nitrogens with one attached hydrogen (secondary N) is 2. The lowest BCUT2D eigenvalue weighted by Crippen LogP contribution is -2.44. The molecule has 148 valence electrons. The van der Waals surface area contributed by atoms with Crippen LogP contribution in [0.2, 0.25) is 0 Å². The van der Waals surface area contributed by atoms with Gasteiger partial charge < -0.3 is 10.4 Å². The van der Waals surface area contributed by atoms with Crippen molar-refractivity contribution in [1.82, 2.24) is 15.0 Å². The van der Waals surface area contributed by atoms with E-state index in [0.29, 0.717) is 30.9 Å². The van der Waals surface area contributed by atoms with Crippen LogP contribution in [0.3, 0.4) is 0 Å². The van der Waals surface area contributed by atoms with Crippen molar-refractivity contribution in [3.8, 4) is 0 Å². The lowest BCUT2D eigenvalue weighted by Gasteiger charge is -2.35. The van der Waals surface area contributed by atoms with Crippen molar-refractivity contribution in [2.24, 2.45) is 5.92 Å². The zero-order chi connectivity index (χ0) is 19.4. The average Bonchev–Trinajstić information content (AvgIpc) is 2.60. The highest BCUT2D eigenvalue weighted by Crippen LogP contribution is 2.33. The second-order valence-corrected chi connectivity index (χ2v) is 9.98. The van der Waals surface area contributed by atoms with Crippen molar-refractivity contribution in [3.63, 3.8) is 0 Å². The average molecular weight is 388 g/mol. The van der Waals surface area contributed by atoms with Crippen LogP contribution in [-0.2, 0) is 10.0 Å². The van der Waals surface area contributed by atoms with E-state index in [0.717, 1.165) is 25.5 Å². The predicted octanol–water partition coefficient (Wildman–Crippen LogP) is 2.12. The monoisotopic (exact) mass is 387 g/mol. The first-order valence-electron chi connectivity index (χ1n) is 9.09. The maximum absolute atomic E-state index is 13.2. The molecule has 0 aliphatic heterocycles. The molecule has 1 heterocycles. The predicted molar refractivity (Wildman–Crippen MR) is 99.6 cm³/mol. The molecule has 26 heavy (non-hydrogen) atoms. The summed E-state index contributed by atoms with van der Waals surface area (Å²) < 4.78 is 39.4. The van der Waals surface area contributed by atoms with Crippen LogP contribution in [0.15, 0.2) is 18.5 Å². The highest BCUT2D eigenvalue weighted by molar-refractivity contribution is 7.90. The van der Waals surface area contributed by atoms with Crippen molar-refractivity contribution in [2.75, 3.05) is 13.6 Å². The third-order valence-electron chi connectivity index (χ3n) is 5.20. The molecule has 0 aromatic carbocycles. The summed E-state index contributed by atoms with van der Waals surface area (Å²) in [7, 11) is -1.71. The van der Waals surface area contributed by atoms with Crippen LogP contribution in [0.5, 0.6) is 0 Å². The SMILES string of the molecule is CNS(=O)(=O)C1CCC(CC(C)(C)NC[C@H](O)c2cncc(F)c2)CC1. The van der Waals surface area contributed by atoms with Gasteiger partial charge in [-0.25, -0.2) is 17.5 Å². The molecule has 2 rings (SSSR count). The molecule has 6 nitrogen and oxygen atoms in total. The van der Waals surface area contributed by atoms with E-state index in [1.165, 1.54) is 19.3 Å². The molecule has 1 aliphatic carbocycles. The zero-order valence-corrected chi connectivity index (χ0v) is 16.5. The number of pyridine rings is 1. The third-order valence-corrected chi connectivity index (χ3v) is 7.12. The van der Waals surface area contributed by atoms with Crippen molar-refractivity contribution in [2.45, 2.75) is 62.8 Å². The molecule has 0 saturated heterocycles. The first-order chi connectivity index (χ1) is 12.1. The minimum Gasteiger partial charge on any atom is -0.387 e. The Hall–Kier alpha value is -1.09. The Morgan fingerprint density at radius 2 is 1.96 bits per heavy atom. The van der Waals surface area contributed by atoms with Crippen LogP contribution >= 0.6 is 0 Å². The fraction of sp³-hybridized carbons (Fsp3) is 0.722. The van der Waals surface area contributed by atoms with Crippen molar-refractivity contribution >= 4 is 10.0 Å². The van der Waals surface area contributed by atoms with E-state index in [-0.39, 0.29) is 10.8 Å². The number of aliphatic hydroxyl groups is 1. The number of aliphatic hydroxyl groups excluding tert-OH is 1. The van der Waals surface area contributed by atoms with Gasteiger partial charge in [0.2, 0.25) is 10.0 Å². The van der Waals surface area contributed by atoms with Crippen molar-refractivity contribution in [1.29, 1.82) is 0 Å². The number of β-amino-alcohol motifs (C(OH)–C–C–N with tert-alkyl or cyclic N) is 1. The largest absolute Gasteiger partial charge is 0.387 e. The molecule has 1 aromatic heterocycles. The van der Waals surface area contributed by atoms with Gasteiger partial charge in [0, 0.05) is 23.8 Å². The first-order valence-corrected chi connectivity index (χ1v) is 10.6. The number of sulfonamides is 1. The molecule has 0 radical (unpaired) electrons. The summed E-state index contributed by atoms with van der Waals surface area (Å²) in [4.78, 5) is 3.76. The zero-order valence-electron chi connectivity index (χ0n) is 15.7. The molecule has 0 unspecified atom stereocenters. The van der Waals surface area contributed by atoms with Crippen LogP contribution < -0.4 is 10.0 Å². The van der Waals surface area contributed by atoms with Crippen LogP contribution in [0.25, 0.3) is 0 Å². The van der Waals surface area contributed by atoms with Crippen LogP contribution in [0.1, 0.15) is 57.6 Å².